The van der Waals surface area contributed by atoms with E-state index in [1.54, 1.807) is 6.20 Å². The summed E-state index contributed by atoms with van der Waals surface area (Å²) in [5.41, 5.74) is 2.91. The number of carbonyl (C=O) groups is 1. The molecule has 0 fully saturated rings. The van der Waals surface area contributed by atoms with E-state index in [0.717, 1.165) is 34.1 Å². The van der Waals surface area contributed by atoms with Crippen LogP contribution < -0.4 is 10.1 Å². The average molecular weight is 368 g/mol. The molecule has 138 valence electrons. The first-order valence-electron chi connectivity index (χ1n) is 9.16. The molecule has 0 saturated heterocycles. The van der Waals surface area contributed by atoms with Gasteiger partial charge in [-0.3, -0.25) is 9.78 Å². The number of fused-ring (bicyclic) bond motifs is 1. The molecule has 1 amide bonds. The number of amides is 1. The quantitative estimate of drug-likeness (QED) is 0.530. The molecule has 0 spiro atoms. The molecule has 4 nitrogen and oxygen atoms in total. The van der Waals surface area contributed by atoms with Crippen LogP contribution >= 0.6 is 0 Å². The van der Waals surface area contributed by atoms with Crippen molar-refractivity contribution in [2.45, 2.75) is 6.42 Å². The number of hydrogen-bond acceptors (Lipinski definition) is 3. The maximum absolute atomic E-state index is 12.2. The number of rotatable bonds is 6. The summed E-state index contributed by atoms with van der Waals surface area (Å²) >= 11 is 0. The molecule has 4 heteroatoms. The fourth-order valence-electron chi connectivity index (χ4n) is 3.02. The number of benzene rings is 3. The summed E-state index contributed by atoms with van der Waals surface area (Å²) in [4.78, 5) is 16.5. The number of aromatic nitrogens is 1. The third-order valence-electron chi connectivity index (χ3n) is 4.44. The van der Waals surface area contributed by atoms with Crippen molar-refractivity contribution < 1.29 is 9.53 Å². The van der Waals surface area contributed by atoms with Crippen LogP contribution in [0.25, 0.3) is 10.8 Å². The molecule has 0 radical (unpaired) electrons. The Kier molecular flexibility index (Phi) is 5.29. The Morgan fingerprint density at radius 2 is 1.64 bits per heavy atom. The highest BCUT2D eigenvalue weighted by atomic mass is 16.5. The van der Waals surface area contributed by atoms with Crippen LogP contribution in [-0.2, 0) is 11.2 Å². The van der Waals surface area contributed by atoms with Crippen LogP contribution in [0.3, 0.4) is 0 Å². The Morgan fingerprint density at radius 3 is 2.43 bits per heavy atom. The Morgan fingerprint density at radius 1 is 0.857 bits per heavy atom. The summed E-state index contributed by atoms with van der Waals surface area (Å²) in [5.74, 6) is 0.491. The van der Waals surface area contributed by atoms with Crippen molar-refractivity contribution in [2.75, 3.05) is 11.9 Å². The highest BCUT2D eigenvalue weighted by Crippen LogP contribution is 2.20. The summed E-state index contributed by atoms with van der Waals surface area (Å²) < 4.78 is 5.63. The van der Waals surface area contributed by atoms with E-state index in [0.29, 0.717) is 5.75 Å². The van der Waals surface area contributed by atoms with Gasteiger partial charge < -0.3 is 10.1 Å². The number of ether oxygens (including phenoxy) is 1. The molecular formula is C24H20N2O2. The second-order valence-electron chi connectivity index (χ2n) is 6.54. The minimum absolute atomic E-state index is 0.0337. The van der Waals surface area contributed by atoms with Gasteiger partial charge in [0, 0.05) is 24.0 Å². The molecule has 1 aromatic heterocycles. The summed E-state index contributed by atoms with van der Waals surface area (Å²) in [6.45, 7) is -0.0337. The molecule has 0 bridgehead atoms. The van der Waals surface area contributed by atoms with Gasteiger partial charge in [-0.25, -0.2) is 0 Å². The lowest BCUT2D eigenvalue weighted by atomic mass is 10.1. The lowest BCUT2D eigenvalue weighted by Crippen LogP contribution is -2.20. The third kappa shape index (κ3) is 4.54. The van der Waals surface area contributed by atoms with E-state index < -0.39 is 0 Å². The monoisotopic (exact) mass is 368 g/mol. The van der Waals surface area contributed by atoms with Gasteiger partial charge in [0.15, 0.2) is 6.61 Å². The minimum Gasteiger partial charge on any atom is -0.484 e. The topological polar surface area (TPSA) is 51.2 Å². The second kappa shape index (κ2) is 8.35. The fourth-order valence-corrected chi connectivity index (χ4v) is 3.02. The molecule has 28 heavy (non-hydrogen) atoms. The largest absolute Gasteiger partial charge is 0.484 e. The predicted molar refractivity (Wildman–Crippen MR) is 112 cm³/mol. The molecule has 0 aliphatic carbocycles. The Labute approximate surface area is 163 Å². The van der Waals surface area contributed by atoms with Gasteiger partial charge in [-0.1, -0.05) is 48.5 Å². The Balaban J connectivity index is 1.31. The maximum Gasteiger partial charge on any atom is 0.262 e. The number of carbonyl (C=O) groups excluding carboxylic acids is 1. The molecule has 0 atom stereocenters. The average Bonchev–Trinajstić information content (AvgIpc) is 2.74. The normalized spacial score (nSPS) is 10.6. The van der Waals surface area contributed by atoms with Crippen LogP contribution in [0.1, 0.15) is 11.3 Å². The van der Waals surface area contributed by atoms with Crippen molar-refractivity contribution in [3.63, 3.8) is 0 Å². The third-order valence-corrected chi connectivity index (χ3v) is 4.44. The van der Waals surface area contributed by atoms with E-state index in [1.807, 2.05) is 84.9 Å². The zero-order chi connectivity index (χ0) is 19.2. The van der Waals surface area contributed by atoms with Crippen LogP contribution in [0.2, 0.25) is 0 Å². The van der Waals surface area contributed by atoms with E-state index >= 15 is 0 Å². The summed E-state index contributed by atoms with van der Waals surface area (Å²) in [6.07, 6.45) is 2.56. The molecule has 1 heterocycles. The number of pyridine rings is 1. The van der Waals surface area contributed by atoms with Gasteiger partial charge in [-0.2, -0.15) is 0 Å². The summed E-state index contributed by atoms with van der Waals surface area (Å²) in [7, 11) is 0. The van der Waals surface area contributed by atoms with Crippen molar-refractivity contribution in [1.82, 2.24) is 4.98 Å². The molecular weight excluding hydrogens is 348 g/mol. The summed E-state index contributed by atoms with van der Waals surface area (Å²) in [5, 5.41) is 5.09. The molecule has 0 aliphatic heterocycles. The first-order valence-corrected chi connectivity index (χ1v) is 9.16. The molecule has 0 unspecified atom stereocenters. The first-order chi connectivity index (χ1) is 13.8. The molecule has 0 saturated carbocycles. The van der Waals surface area contributed by atoms with Crippen molar-refractivity contribution in [3.8, 4) is 5.75 Å². The summed E-state index contributed by atoms with van der Waals surface area (Å²) in [6, 6.07) is 27.5. The van der Waals surface area contributed by atoms with Gasteiger partial charge in [-0.05, 0) is 52.7 Å². The van der Waals surface area contributed by atoms with Gasteiger partial charge in [-0.15, -0.1) is 0 Å². The van der Waals surface area contributed by atoms with Crippen molar-refractivity contribution >= 4 is 22.4 Å². The first kappa shape index (κ1) is 17.7. The van der Waals surface area contributed by atoms with Crippen molar-refractivity contribution in [1.29, 1.82) is 0 Å². The van der Waals surface area contributed by atoms with Gasteiger partial charge in [0.05, 0.1) is 0 Å². The number of anilines is 1. The van der Waals surface area contributed by atoms with Gasteiger partial charge >= 0.3 is 0 Å². The zero-order valence-corrected chi connectivity index (χ0v) is 15.3. The Hall–Kier alpha value is -3.66. The molecule has 4 aromatic rings. The van der Waals surface area contributed by atoms with Crippen LogP contribution in [0, 0.1) is 0 Å². The zero-order valence-electron chi connectivity index (χ0n) is 15.3. The standard InChI is InChI=1S/C24H20N2O2/c27-24(17-28-23-13-10-19-5-1-2-6-20(19)16-23)26-21-11-8-18(9-12-21)15-22-7-3-4-14-25-22/h1-14,16H,15,17H2,(H,26,27). The van der Waals surface area contributed by atoms with E-state index in [1.165, 1.54) is 0 Å². The molecule has 0 aliphatic rings. The lowest BCUT2D eigenvalue weighted by Gasteiger charge is -2.09. The predicted octanol–water partition coefficient (Wildman–Crippen LogP) is 4.84. The minimum atomic E-state index is -0.189. The van der Waals surface area contributed by atoms with E-state index in [4.69, 9.17) is 4.74 Å². The lowest BCUT2D eigenvalue weighted by molar-refractivity contribution is -0.118. The molecule has 1 N–H and O–H groups in total. The van der Waals surface area contributed by atoms with E-state index in [-0.39, 0.29) is 12.5 Å². The van der Waals surface area contributed by atoms with Crippen LogP contribution in [0.4, 0.5) is 5.69 Å². The fraction of sp³-hybridized carbons (Fsp3) is 0.0833. The Bertz CT molecular complexity index is 1080. The van der Waals surface area contributed by atoms with Crippen LogP contribution in [0.15, 0.2) is 91.1 Å². The second-order valence-corrected chi connectivity index (χ2v) is 6.54. The van der Waals surface area contributed by atoms with Crippen molar-refractivity contribution in [3.05, 3.63) is 102 Å². The number of nitrogens with one attached hydrogen (secondary N) is 1. The number of hydrogen-bond donors (Lipinski definition) is 1. The highest BCUT2D eigenvalue weighted by molar-refractivity contribution is 5.92. The van der Waals surface area contributed by atoms with Gasteiger partial charge in [0.25, 0.3) is 5.91 Å². The van der Waals surface area contributed by atoms with Crippen LogP contribution in [0.5, 0.6) is 5.75 Å². The number of nitrogens with zero attached hydrogens (tertiary/aromatic N) is 1. The van der Waals surface area contributed by atoms with Gasteiger partial charge in [0.2, 0.25) is 0 Å². The van der Waals surface area contributed by atoms with Crippen LogP contribution in [-0.4, -0.2) is 17.5 Å². The maximum atomic E-state index is 12.2. The SMILES string of the molecule is O=C(COc1ccc2ccccc2c1)Nc1ccc(Cc2ccccn2)cc1. The molecule has 3 aromatic carbocycles. The van der Waals surface area contributed by atoms with Gasteiger partial charge in [0.1, 0.15) is 5.75 Å². The van der Waals surface area contributed by atoms with E-state index in [9.17, 15) is 4.79 Å². The molecule has 4 rings (SSSR count). The van der Waals surface area contributed by atoms with Crippen molar-refractivity contribution in [2.24, 2.45) is 0 Å². The smallest absolute Gasteiger partial charge is 0.262 e. The van der Waals surface area contributed by atoms with E-state index in [2.05, 4.69) is 10.3 Å². The highest BCUT2D eigenvalue weighted by Gasteiger charge is 2.05.